The van der Waals surface area contributed by atoms with Crippen LogP contribution in [0.5, 0.6) is 0 Å². The van der Waals surface area contributed by atoms with Gasteiger partial charge in [-0.15, -0.1) is 0 Å². The molecule has 1 aromatic carbocycles. The SMILES string of the molecule is CC(N)Cc1cc(Cl)ccc1N(C)CCc1ccncc1. The molecular weight excluding hydrogens is 282 g/mol. The molecule has 3 nitrogen and oxygen atoms in total. The van der Waals surface area contributed by atoms with Crippen LogP contribution in [0.4, 0.5) is 5.69 Å². The van der Waals surface area contributed by atoms with Crippen molar-refractivity contribution < 1.29 is 0 Å². The summed E-state index contributed by atoms with van der Waals surface area (Å²) in [5.74, 6) is 0. The molecule has 1 unspecified atom stereocenters. The monoisotopic (exact) mass is 303 g/mol. The maximum absolute atomic E-state index is 6.11. The summed E-state index contributed by atoms with van der Waals surface area (Å²) in [5, 5.41) is 0.761. The first kappa shape index (κ1) is 15.8. The Kier molecular flexibility index (Phi) is 5.59. The summed E-state index contributed by atoms with van der Waals surface area (Å²) in [5.41, 5.74) is 9.63. The van der Waals surface area contributed by atoms with E-state index in [2.05, 4.69) is 35.1 Å². The third-order valence-electron chi connectivity index (χ3n) is 3.48. The van der Waals surface area contributed by atoms with Gasteiger partial charge < -0.3 is 10.6 Å². The van der Waals surface area contributed by atoms with Crippen LogP contribution in [0, 0.1) is 0 Å². The Labute approximate surface area is 131 Å². The molecule has 0 aliphatic heterocycles. The van der Waals surface area contributed by atoms with Crippen molar-refractivity contribution in [2.24, 2.45) is 5.73 Å². The Morgan fingerprint density at radius 2 is 1.95 bits per heavy atom. The van der Waals surface area contributed by atoms with Crippen molar-refractivity contribution in [3.8, 4) is 0 Å². The van der Waals surface area contributed by atoms with Gasteiger partial charge in [-0.05, 0) is 61.2 Å². The molecule has 2 aromatic rings. The van der Waals surface area contributed by atoms with Crippen LogP contribution in [0.15, 0.2) is 42.7 Å². The largest absolute Gasteiger partial charge is 0.374 e. The number of hydrogen-bond donors (Lipinski definition) is 1. The second-order valence-corrected chi connectivity index (χ2v) is 5.92. The highest BCUT2D eigenvalue weighted by molar-refractivity contribution is 6.30. The van der Waals surface area contributed by atoms with Gasteiger partial charge in [-0.3, -0.25) is 4.98 Å². The zero-order chi connectivity index (χ0) is 15.2. The summed E-state index contributed by atoms with van der Waals surface area (Å²) in [7, 11) is 2.11. The third kappa shape index (κ3) is 4.73. The van der Waals surface area contributed by atoms with Gasteiger partial charge in [0.25, 0.3) is 0 Å². The van der Waals surface area contributed by atoms with Crippen molar-refractivity contribution in [2.75, 3.05) is 18.5 Å². The molecular formula is C17H22ClN3. The van der Waals surface area contributed by atoms with E-state index in [1.165, 1.54) is 16.8 Å². The molecule has 0 saturated heterocycles. The molecule has 0 spiro atoms. The molecule has 1 heterocycles. The Bertz CT molecular complexity index is 570. The molecule has 1 atom stereocenters. The predicted molar refractivity (Wildman–Crippen MR) is 90.0 cm³/mol. The van der Waals surface area contributed by atoms with Gasteiger partial charge in [0.05, 0.1) is 0 Å². The molecule has 0 aliphatic rings. The summed E-state index contributed by atoms with van der Waals surface area (Å²) in [6.07, 6.45) is 5.48. The molecule has 2 N–H and O–H groups in total. The van der Waals surface area contributed by atoms with Crippen LogP contribution >= 0.6 is 11.6 Å². The van der Waals surface area contributed by atoms with E-state index in [-0.39, 0.29) is 6.04 Å². The van der Waals surface area contributed by atoms with Crippen LogP contribution in [0.25, 0.3) is 0 Å². The van der Waals surface area contributed by atoms with Crippen molar-refractivity contribution in [2.45, 2.75) is 25.8 Å². The summed E-state index contributed by atoms with van der Waals surface area (Å²) in [6.45, 7) is 2.96. The third-order valence-corrected chi connectivity index (χ3v) is 3.72. The smallest absolute Gasteiger partial charge is 0.0410 e. The minimum Gasteiger partial charge on any atom is -0.374 e. The van der Waals surface area contributed by atoms with Crippen LogP contribution in [0.3, 0.4) is 0 Å². The number of nitrogens with two attached hydrogens (primary N) is 1. The average molecular weight is 304 g/mol. The number of anilines is 1. The number of likely N-dealkylation sites (N-methyl/N-ethyl adjacent to an activating group) is 1. The average Bonchev–Trinajstić information content (AvgIpc) is 2.45. The fraction of sp³-hybridized carbons (Fsp3) is 0.353. The van der Waals surface area contributed by atoms with Gasteiger partial charge in [-0.2, -0.15) is 0 Å². The lowest BCUT2D eigenvalue weighted by atomic mass is 10.0. The van der Waals surface area contributed by atoms with E-state index in [1.54, 1.807) is 0 Å². The molecule has 1 aromatic heterocycles. The van der Waals surface area contributed by atoms with Crippen LogP contribution in [0.1, 0.15) is 18.1 Å². The van der Waals surface area contributed by atoms with Crippen molar-refractivity contribution in [1.82, 2.24) is 4.98 Å². The van der Waals surface area contributed by atoms with E-state index < -0.39 is 0 Å². The first-order valence-corrected chi connectivity index (χ1v) is 7.58. The molecule has 21 heavy (non-hydrogen) atoms. The maximum Gasteiger partial charge on any atom is 0.0410 e. The lowest BCUT2D eigenvalue weighted by Gasteiger charge is -2.23. The molecule has 4 heteroatoms. The van der Waals surface area contributed by atoms with Gasteiger partial charge >= 0.3 is 0 Å². The van der Waals surface area contributed by atoms with Crippen molar-refractivity contribution in [1.29, 1.82) is 0 Å². The van der Waals surface area contributed by atoms with Crippen LogP contribution in [-0.2, 0) is 12.8 Å². The fourth-order valence-corrected chi connectivity index (χ4v) is 2.60. The van der Waals surface area contributed by atoms with Crippen molar-refractivity contribution in [3.63, 3.8) is 0 Å². The standard InChI is InChI=1S/C17H22ClN3/c1-13(19)11-15-12-16(18)3-4-17(15)21(2)10-7-14-5-8-20-9-6-14/h3-6,8-9,12-13H,7,10-11,19H2,1-2H3. The van der Waals surface area contributed by atoms with E-state index in [1.807, 2.05) is 31.5 Å². The highest BCUT2D eigenvalue weighted by Crippen LogP contribution is 2.25. The van der Waals surface area contributed by atoms with E-state index in [4.69, 9.17) is 17.3 Å². The first-order valence-electron chi connectivity index (χ1n) is 7.20. The van der Waals surface area contributed by atoms with Gasteiger partial charge in [0.2, 0.25) is 0 Å². The zero-order valence-corrected chi connectivity index (χ0v) is 13.3. The number of hydrogen-bond acceptors (Lipinski definition) is 3. The second kappa shape index (κ2) is 7.43. The van der Waals surface area contributed by atoms with Gasteiger partial charge in [-0.1, -0.05) is 11.6 Å². The van der Waals surface area contributed by atoms with E-state index >= 15 is 0 Å². The molecule has 0 fully saturated rings. The van der Waals surface area contributed by atoms with Gasteiger partial charge in [0.1, 0.15) is 0 Å². The summed E-state index contributed by atoms with van der Waals surface area (Å²) in [4.78, 5) is 6.30. The van der Waals surface area contributed by atoms with Crippen LogP contribution in [0.2, 0.25) is 5.02 Å². The Morgan fingerprint density at radius 1 is 1.24 bits per heavy atom. The van der Waals surface area contributed by atoms with E-state index in [0.717, 1.165) is 24.4 Å². The summed E-state index contributed by atoms with van der Waals surface area (Å²) < 4.78 is 0. The van der Waals surface area contributed by atoms with E-state index in [0.29, 0.717) is 0 Å². The molecule has 0 amide bonds. The van der Waals surface area contributed by atoms with Crippen molar-refractivity contribution in [3.05, 3.63) is 58.9 Å². The molecule has 0 aliphatic carbocycles. The summed E-state index contributed by atoms with van der Waals surface area (Å²) >= 11 is 6.11. The highest BCUT2D eigenvalue weighted by atomic mass is 35.5. The highest BCUT2D eigenvalue weighted by Gasteiger charge is 2.10. The van der Waals surface area contributed by atoms with Crippen molar-refractivity contribution >= 4 is 17.3 Å². The second-order valence-electron chi connectivity index (χ2n) is 5.48. The Balaban J connectivity index is 2.09. The molecule has 0 bridgehead atoms. The lowest BCUT2D eigenvalue weighted by Crippen LogP contribution is -2.24. The number of pyridine rings is 1. The normalized spacial score (nSPS) is 12.2. The lowest BCUT2D eigenvalue weighted by molar-refractivity contribution is 0.733. The Morgan fingerprint density at radius 3 is 2.62 bits per heavy atom. The zero-order valence-electron chi connectivity index (χ0n) is 12.6. The quantitative estimate of drug-likeness (QED) is 0.890. The topological polar surface area (TPSA) is 42.1 Å². The Hall–Kier alpha value is -1.58. The number of halogens is 1. The fourth-order valence-electron chi connectivity index (χ4n) is 2.40. The minimum absolute atomic E-state index is 0.121. The van der Waals surface area contributed by atoms with Crippen LogP contribution in [-0.4, -0.2) is 24.6 Å². The number of benzene rings is 1. The molecule has 2 rings (SSSR count). The van der Waals surface area contributed by atoms with Gasteiger partial charge in [-0.25, -0.2) is 0 Å². The molecule has 112 valence electrons. The van der Waals surface area contributed by atoms with Crippen LogP contribution < -0.4 is 10.6 Å². The first-order chi connectivity index (χ1) is 10.1. The number of rotatable bonds is 6. The number of nitrogens with zero attached hydrogens (tertiary/aromatic N) is 2. The summed E-state index contributed by atoms with van der Waals surface area (Å²) in [6, 6.07) is 10.3. The van der Waals surface area contributed by atoms with Gasteiger partial charge in [0, 0.05) is 42.7 Å². The number of aromatic nitrogens is 1. The molecule has 0 radical (unpaired) electrons. The predicted octanol–water partition coefficient (Wildman–Crippen LogP) is 3.30. The van der Waals surface area contributed by atoms with E-state index in [9.17, 15) is 0 Å². The minimum atomic E-state index is 0.121. The maximum atomic E-state index is 6.11. The van der Waals surface area contributed by atoms with Gasteiger partial charge in [0.15, 0.2) is 0 Å². The molecule has 0 saturated carbocycles.